The summed E-state index contributed by atoms with van der Waals surface area (Å²) in [6, 6.07) is 35.3. The SMILES string of the molecule is Cc1cn(C)c2ccc(-c3ccc(N(c4ccccc4)c4ccccc4)cc3)cc2c1=O. The number of hydrogen-bond donors (Lipinski definition) is 0. The molecule has 0 bridgehead atoms. The zero-order chi connectivity index (χ0) is 22.1. The van der Waals surface area contributed by atoms with E-state index in [0.29, 0.717) is 0 Å². The summed E-state index contributed by atoms with van der Waals surface area (Å²) in [5.41, 5.74) is 7.22. The van der Waals surface area contributed by atoms with Crippen molar-refractivity contribution in [2.24, 2.45) is 7.05 Å². The molecule has 0 saturated carbocycles. The van der Waals surface area contributed by atoms with E-state index in [1.807, 2.05) is 49.0 Å². The molecule has 0 unspecified atom stereocenters. The van der Waals surface area contributed by atoms with Gasteiger partial charge >= 0.3 is 0 Å². The summed E-state index contributed by atoms with van der Waals surface area (Å²) in [6.07, 6.45) is 1.89. The predicted octanol–water partition coefficient (Wildman–Crippen LogP) is 6.98. The molecule has 3 nitrogen and oxygen atoms in total. The highest BCUT2D eigenvalue weighted by Gasteiger charge is 2.12. The van der Waals surface area contributed by atoms with E-state index >= 15 is 0 Å². The highest BCUT2D eigenvalue weighted by Crippen LogP contribution is 2.35. The fourth-order valence-electron chi connectivity index (χ4n) is 4.24. The largest absolute Gasteiger partial charge is 0.350 e. The molecule has 156 valence electrons. The Hall–Kier alpha value is -4.11. The van der Waals surface area contributed by atoms with Crippen LogP contribution in [0.15, 0.2) is 114 Å². The quantitative estimate of drug-likeness (QED) is 0.316. The molecule has 32 heavy (non-hydrogen) atoms. The van der Waals surface area contributed by atoms with Crippen LogP contribution >= 0.6 is 0 Å². The van der Waals surface area contributed by atoms with Gasteiger partial charge in [-0.2, -0.15) is 0 Å². The number of aryl methyl sites for hydroxylation is 2. The third kappa shape index (κ3) is 3.58. The van der Waals surface area contributed by atoms with Crippen LogP contribution in [0, 0.1) is 6.92 Å². The van der Waals surface area contributed by atoms with Gasteiger partial charge in [0.05, 0.1) is 5.52 Å². The molecule has 0 fully saturated rings. The van der Waals surface area contributed by atoms with Gasteiger partial charge in [0.25, 0.3) is 0 Å². The van der Waals surface area contributed by atoms with Gasteiger partial charge in [-0.15, -0.1) is 0 Å². The second kappa shape index (κ2) is 8.20. The summed E-state index contributed by atoms with van der Waals surface area (Å²) in [5.74, 6) is 0. The van der Waals surface area contributed by atoms with Crippen LogP contribution in [0.1, 0.15) is 5.56 Å². The van der Waals surface area contributed by atoms with Crippen molar-refractivity contribution in [3.63, 3.8) is 0 Å². The monoisotopic (exact) mass is 416 g/mol. The number of benzene rings is 4. The molecule has 5 aromatic rings. The van der Waals surface area contributed by atoms with Gasteiger partial charge in [0.2, 0.25) is 0 Å². The summed E-state index contributed by atoms with van der Waals surface area (Å²) in [4.78, 5) is 14.9. The van der Waals surface area contributed by atoms with Crippen molar-refractivity contribution < 1.29 is 0 Å². The molecule has 0 radical (unpaired) electrons. The average Bonchev–Trinajstić information content (AvgIpc) is 2.84. The molecule has 0 saturated heterocycles. The van der Waals surface area contributed by atoms with Crippen LogP contribution in [0.2, 0.25) is 0 Å². The van der Waals surface area contributed by atoms with E-state index < -0.39 is 0 Å². The first-order valence-corrected chi connectivity index (χ1v) is 10.7. The lowest BCUT2D eigenvalue weighted by molar-refractivity contribution is 0.939. The number of rotatable bonds is 4. The van der Waals surface area contributed by atoms with Crippen molar-refractivity contribution in [3.05, 3.63) is 125 Å². The first-order valence-electron chi connectivity index (χ1n) is 10.7. The molecule has 3 heteroatoms. The fraction of sp³-hybridized carbons (Fsp3) is 0.0690. The normalized spacial score (nSPS) is 10.9. The van der Waals surface area contributed by atoms with E-state index in [4.69, 9.17) is 0 Å². The lowest BCUT2D eigenvalue weighted by Crippen LogP contribution is -2.10. The standard InChI is InChI=1S/C29H24N2O/c1-21-20-30(2)28-18-15-23(19-27(28)29(21)32)22-13-16-26(17-14-22)31(24-9-5-3-6-10-24)25-11-7-4-8-12-25/h3-20H,1-2H3. The van der Waals surface area contributed by atoms with Crippen LogP contribution < -0.4 is 10.3 Å². The highest BCUT2D eigenvalue weighted by molar-refractivity contribution is 5.86. The minimum absolute atomic E-state index is 0.0934. The number of pyridine rings is 1. The minimum atomic E-state index is 0.0934. The number of fused-ring (bicyclic) bond motifs is 1. The van der Waals surface area contributed by atoms with Crippen LogP contribution in [-0.4, -0.2) is 4.57 Å². The summed E-state index contributed by atoms with van der Waals surface area (Å²) >= 11 is 0. The first-order chi connectivity index (χ1) is 15.6. The minimum Gasteiger partial charge on any atom is -0.350 e. The van der Waals surface area contributed by atoms with E-state index in [0.717, 1.165) is 44.7 Å². The third-order valence-corrected chi connectivity index (χ3v) is 5.85. The molecule has 0 aliphatic rings. The topological polar surface area (TPSA) is 25.2 Å². The van der Waals surface area contributed by atoms with Gasteiger partial charge in [-0.05, 0) is 66.6 Å². The summed E-state index contributed by atoms with van der Waals surface area (Å²) in [5, 5.41) is 0.754. The smallest absolute Gasteiger partial charge is 0.192 e. The van der Waals surface area contributed by atoms with E-state index in [9.17, 15) is 4.79 Å². The highest BCUT2D eigenvalue weighted by atomic mass is 16.1. The maximum absolute atomic E-state index is 12.7. The Kier molecular flexibility index (Phi) is 5.08. The van der Waals surface area contributed by atoms with Crippen molar-refractivity contribution in [1.29, 1.82) is 0 Å². The molecule has 5 rings (SSSR count). The second-order valence-corrected chi connectivity index (χ2v) is 8.04. The van der Waals surface area contributed by atoms with Crippen LogP contribution in [0.3, 0.4) is 0 Å². The molecule has 0 amide bonds. The first kappa shape index (κ1) is 19.8. The summed E-state index contributed by atoms with van der Waals surface area (Å²) < 4.78 is 2.01. The van der Waals surface area contributed by atoms with Crippen molar-refractivity contribution in [2.45, 2.75) is 6.92 Å². The summed E-state index contributed by atoms with van der Waals surface area (Å²) in [6.45, 7) is 1.87. The van der Waals surface area contributed by atoms with E-state index in [2.05, 4.69) is 83.8 Å². The van der Waals surface area contributed by atoms with Gasteiger partial charge in [-0.1, -0.05) is 54.6 Å². The van der Waals surface area contributed by atoms with Gasteiger partial charge in [-0.3, -0.25) is 4.79 Å². The lowest BCUT2D eigenvalue weighted by Gasteiger charge is -2.25. The van der Waals surface area contributed by atoms with Crippen molar-refractivity contribution in [1.82, 2.24) is 4.57 Å². The van der Waals surface area contributed by atoms with Crippen LogP contribution in [0.25, 0.3) is 22.0 Å². The van der Waals surface area contributed by atoms with E-state index in [-0.39, 0.29) is 5.43 Å². The van der Waals surface area contributed by atoms with Gasteiger partial charge in [0.15, 0.2) is 5.43 Å². The molecule has 4 aromatic carbocycles. The molecule has 0 aliphatic carbocycles. The molecule has 0 N–H and O–H groups in total. The average molecular weight is 417 g/mol. The Morgan fingerprint density at radius 2 is 1.19 bits per heavy atom. The Morgan fingerprint density at radius 3 is 1.78 bits per heavy atom. The summed E-state index contributed by atoms with van der Waals surface area (Å²) in [7, 11) is 1.98. The maximum Gasteiger partial charge on any atom is 0.192 e. The Bertz CT molecular complexity index is 1400. The van der Waals surface area contributed by atoms with E-state index in [1.165, 1.54) is 0 Å². The van der Waals surface area contributed by atoms with Crippen molar-refractivity contribution >= 4 is 28.0 Å². The number of aromatic nitrogens is 1. The lowest BCUT2D eigenvalue weighted by atomic mass is 10.0. The molecular formula is C29H24N2O. The molecule has 0 spiro atoms. The van der Waals surface area contributed by atoms with Crippen LogP contribution in [0.4, 0.5) is 17.1 Å². The molecule has 0 aliphatic heterocycles. The fourth-order valence-corrected chi connectivity index (χ4v) is 4.24. The zero-order valence-electron chi connectivity index (χ0n) is 18.2. The predicted molar refractivity (Wildman–Crippen MR) is 134 cm³/mol. The maximum atomic E-state index is 12.7. The number of nitrogens with zero attached hydrogens (tertiary/aromatic N) is 2. The van der Waals surface area contributed by atoms with Gasteiger partial charge in [0.1, 0.15) is 0 Å². The van der Waals surface area contributed by atoms with Gasteiger partial charge in [0, 0.05) is 41.3 Å². The van der Waals surface area contributed by atoms with Gasteiger partial charge in [-0.25, -0.2) is 0 Å². The molecule has 1 heterocycles. The Morgan fingerprint density at radius 1 is 0.656 bits per heavy atom. The van der Waals surface area contributed by atoms with Gasteiger partial charge < -0.3 is 9.47 Å². The molecular weight excluding hydrogens is 392 g/mol. The molecule has 0 atom stereocenters. The van der Waals surface area contributed by atoms with Crippen LogP contribution in [-0.2, 0) is 7.05 Å². The zero-order valence-corrected chi connectivity index (χ0v) is 18.2. The number of anilines is 3. The number of hydrogen-bond acceptors (Lipinski definition) is 2. The van der Waals surface area contributed by atoms with E-state index in [1.54, 1.807) is 0 Å². The van der Waals surface area contributed by atoms with Crippen molar-refractivity contribution in [2.75, 3.05) is 4.90 Å². The Labute approximate surface area is 187 Å². The van der Waals surface area contributed by atoms with Crippen molar-refractivity contribution in [3.8, 4) is 11.1 Å². The second-order valence-electron chi connectivity index (χ2n) is 8.04. The Balaban J connectivity index is 1.57. The number of para-hydroxylation sites is 2. The van der Waals surface area contributed by atoms with Crippen LogP contribution in [0.5, 0.6) is 0 Å². The third-order valence-electron chi connectivity index (χ3n) is 5.85. The molecule has 1 aromatic heterocycles.